The smallest absolute Gasteiger partial charge is 0.161 e. The van der Waals surface area contributed by atoms with Gasteiger partial charge in [-0.2, -0.15) is 0 Å². The fourth-order valence-electron chi connectivity index (χ4n) is 2.19. The molecule has 0 aliphatic carbocycles. The third-order valence-electron chi connectivity index (χ3n) is 3.21. The maximum absolute atomic E-state index is 6.05. The van der Waals surface area contributed by atoms with Crippen LogP contribution in [0.4, 0.5) is 0 Å². The van der Waals surface area contributed by atoms with Gasteiger partial charge in [0.2, 0.25) is 0 Å². The van der Waals surface area contributed by atoms with Crippen LogP contribution in [0.25, 0.3) is 0 Å². The van der Waals surface area contributed by atoms with Gasteiger partial charge in [0.15, 0.2) is 11.5 Å². The summed E-state index contributed by atoms with van der Waals surface area (Å²) in [6.07, 6.45) is 0.913. The second-order valence-corrected chi connectivity index (χ2v) is 6.03. The summed E-state index contributed by atoms with van der Waals surface area (Å²) < 4.78 is 11.4. The van der Waals surface area contributed by atoms with Crippen LogP contribution in [0.3, 0.4) is 0 Å². The van der Waals surface area contributed by atoms with Gasteiger partial charge in [-0.25, -0.2) is 0 Å². The molecule has 3 rings (SSSR count). The Morgan fingerprint density at radius 3 is 2.50 bits per heavy atom. The number of fused-ring (bicyclic) bond motifs is 1. The quantitative estimate of drug-likeness (QED) is 0.708. The highest BCUT2D eigenvalue weighted by molar-refractivity contribution is 9.09. The predicted octanol–water partition coefficient (Wildman–Crippen LogP) is 4.99. The van der Waals surface area contributed by atoms with Crippen molar-refractivity contribution in [2.24, 2.45) is 0 Å². The molecular weight excluding hydrogens is 340 g/mol. The van der Waals surface area contributed by atoms with E-state index in [0.29, 0.717) is 13.2 Å². The summed E-state index contributed by atoms with van der Waals surface area (Å²) in [5, 5.41) is 0.737. The summed E-state index contributed by atoms with van der Waals surface area (Å²) in [6.45, 7) is 1.40. The fraction of sp³-hybridized carbons (Fsp3) is 0.250. The molecule has 0 N–H and O–H groups in total. The molecule has 0 bridgehead atoms. The number of hydrogen-bond donors (Lipinski definition) is 0. The zero-order valence-corrected chi connectivity index (χ0v) is 13.2. The van der Waals surface area contributed by atoms with Gasteiger partial charge in [0.25, 0.3) is 0 Å². The molecule has 20 heavy (non-hydrogen) atoms. The molecule has 1 heterocycles. The lowest BCUT2D eigenvalue weighted by Gasteiger charge is -2.14. The first-order chi connectivity index (χ1) is 9.74. The summed E-state index contributed by atoms with van der Waals surface area (Å²) in [7, 11) is 0. The van der Waals surface area contributed by atoms with Gasteiger partial charge >= 0.3 is 0 Å². The largest absolute Gasteiger partial charge is 0.490 e. The van der Waals surface area contributed by atoms with Gasteiger partial charge in [-0.3, -0.25) is 0 Å². The number of benzene rings is 2. The zero-order valence-electron chi connectivity index (χ0n) is 10.8. The normalized spacial score (nSPS) is 15.5. The Morgan fingerprint density at radius 1 is 0.950 bits per heavy atom. The first-order valence-electron chi connectivity index (χ1n) is 6.53. The summed E-state index contributed by atoms with van der Waals surface area (Å²) >= 11 is 9.77. The van der Waals surface area contributed by atoms with Gasteiger partial charge < -0.3 is 9.47 Å². The second kappa shape index (κ2) is 6.06. The molecule has 0 spiro atoms. The van der Waals surface area contributed by atoms with E-state index in [9.17, 15) is 0 Å². The van der Waals surface area contributed by atoms with E-state index in [0.717, 1.165) is 34.1 Å². The summed E-state index contributed by atoms with van der Waals surface area (Å²) in [5.41, 5.74) is 2.24. The first-order valence-corrected chi connectivity index (χ1v) is 7.82. The van der Waals surface area contributed by atoms with E-state index in [2.05, 4.69) is 15.9 Å². The van der Waals surface area contributed by atoms with Crippen LogP contribution in [0.2, 0.25) is 5.02 Å². The Labute approximate surface area is 131 Å². The standard InChI is InChI=1S/C16H14BrClO2/c17-16(11-3-1-4-13(18)9-11)12-5-6-14-15(10-12)20-8-2-7-19-14/h1,3-6,9-10,16H,2,7-8H2. The van der Waals surface area contributed by atoms with Crippen molar-refractivity contribution in [1.82, 2.24) is 0 Å². The summed E-state index contributed by atoms with van der Waals surface area (Å²) in [4.78, 5) is 0.0818. The van der Waals surface area contributed by atoms with Crippen LogP contribution >= 0.6 is 27.5 Å². The molecule has 2 nitrogen and oxygen atoms in total. The summed E-state index contributed by atoms with van der Waals surface area (Å²) in [5.74, 6) is 1.63. The minimum atomic E-state index is 0.0818. The van der Waals surface area contributed by atoms with Gasteiger partial charge in [0, 0.05) is 11.4 Å². The van der Waals surface area contributed by atoms with Crippen molar-refractivity contribution in [3.8, 4) is 11.5 Å². The molecule has 0 fully saturated rings. The molecule has 1 unspecified atom stereocenters. The van der Waals surface area contributed by atoms with Gasteiger partial charge in [-0.05, 0) is 35.4 Å². The highest BCUT2D eigenvalue weighted by Crippen LogP contribution is 2.37. The van der Waals surface area contributed by atoms with Crippen LogP contribution in [-0.4, -0.2) is 13.2 Å². The zero-order chi connectivity index (χ0) is 13.9. The van der Waals surface area contributed by atoms with Gasteiger partial charge in [-0.15, -0.1) is 0 Å². The minimum Gasteiger partial charge on any atom is -0.490 e. The third kappa shape index (κ3) is 2.94. The lowest BCUT2D eigenvalue weighted by Crippen LogP contribution is -1.97. The van der Waals surface area contributed by atoms with Crippen LogP contribution in [-0.2, 0) is 0 Å². The molecule has 1 aliphatic rings. The molecule has 0 aromatic heterocycles. The number of alkyl halides is 1. The molecule has 1 atom stereocenters. The first kappa shape index (κ1) is 13.8. The molecule has 104 valence electrons. The van der Waals surface area contributed by atoms with Gasteiger partial charge in [-0.1, -0.05) is 45.7 Å². The van der Waals surface area contributed by atoms with Crippen molar-refractivity contribution in [2.75, 3.05) is 13.2 Å². The fourth-order valence-corrected chi connectivity index (χ4v) is 2.96. The lowest BCUT2D eigenvalue weighted by atomic mass is 10.0. The average molecular weight is 354 g/mol. The molecule has 0 amide bonds. The molecule has 2 aromatic rings. The Hall–Kier alpha value is -1.19. The van der Waals surface area contributed by atoms with Crippen molar-refractivity contribution in [2.45, 2.75) is 11.2 Å². The number of hydrogen-bond acceptors (Lipinski definition) is 2. The Morgan fingerprint density at radius 2 is 1.70 bits per heavy atom. The van der Waals surface area contributed by atoms with Crippen molar-refractivity contribution in [3.05, 3.63) is 58.6 Å². The molecule has 4 heteroatoms. The molecule has 1 aliphatic heterocycles. The average Bonchev–Trinajstić information content (AvgIpc) is 2.71. The van der Waals surface area contributed by atoms with Crippen molar-refractivity contribution < 1.29 is 9.47 Å². The second-order valence-electron chi connectivity index (χ2n) is 4.67. The molecule has 0 saturated carbocycles. The highest BCUT2D eigenvalue weighted by atomic mass is 79.9. The predicted molar refractivity (Wildman–Crippen MR) is 84.3 cm³/mol. The topological polar surface area (TPSA) is 18.5 Å². The monoisotopic (exact) mass is 352 g/mol. The van der Waals surface area contributed by atoms with Crippen LogP contribution in [0.5, 0.6) is 11.5 Å². The number of rotatable bonds is 2. The van der Waals surface area contributed by atoms with E-state index in [1.54, 1.807) is 0 Å². The molecule has 0 saturated heterocycles. The van der Waals surface area contributed by atoms with E-state index in [4.69, 9.17) is 21.1 Å². The Kier molecular flexibility index (Phi) is 4.18. The maximum Gasteiger partial charge on any atom is 0.161 e. The van der Waals surface area contributed by atoms with E-state index in [-0.39, 0.29) is 4.83 Å². The minimum absolute atomic E-state index is 0.0818. The third-order valence-corrected chi connectivity index (χ3v) is 4.50. The lowest BCUT2D eigenvalue weighted by molar-refractivity contribution is 0.297. The van der Waals surface area contributed by atoms with Crippen LogP contribution < -0.4 is 9.47 Å². The van der Waals surface area contributed by atoms with Gasteiger partial charge in [0.1, 0.15) is 0 Å². The van der Waals surface area contributed by atoms with E-state index in [1.165, 1.54) is 0 Å². The van der Waals surface area contributed by atoms with Crippen LogP contribution in [0.1, 0.15) is 22.4 Å². The Balaban J connectivity index is 1.92. The summed E-state index contributed by atoms with van der Waals surface area (Å²) in [6, 6.07) is 13.9. The SMILES string of the molecule is Clc1cccc(C(Br)c2ccc3c(c2)OCCCO3)c1. The number of ether oxygens (including phenoxy) is 2. The molecule has 0 radical (unpaired) electrons. The van der Waals surface area contributed by atoms with Crippen molar-refractivity contribution in [3.63, 3.8) is 0 Å². The van der Waals surface area contributed by atoms with E-state index in [1.807, 2.05) is 42.5 Å². The number of halogens is 2. The molecular formula is C16H14BrClO2. The van der Waals surface area contributed by atoms with Crippen LogP contribution in [0, 0.1) is 0 Å². The maximum atomic E-state index is 6.05. The van der Waals surface area contributed by atoms with E-state index >= 15 is 0 Å². The van der Waals surface area contributed by atoms with Crippen LogP contribution in [0.15, 0.2) is 42.5 Å². The van der Waals surface area contributed by atoms with Crippen molar-refractivity contribution >= 4 is 27.5 Å². The van der Waals surface area contributed by atoms with E-state index < -0.39 is 0 Å². The van der Waals surface area contributed by atoms with Crippen molar-refractivity contribution in [1.29, 1.82) is 0 Å². The van der Waals surface area contributed by atoms with Gasteiger partial charge in [0.05, 0.1) is 18.0 Å². The Bertz CT molecular complexity index is 615. The molecule has 2 aromatic carbocycles. The highest BCUT2D eigenvalue weighted by Gasteiger charge is 2.16.